The Morgan fingerprint density at radius 1 is 0.913 bits per heavy atom. The van der Waals surface area contributed by atoms with Crippen molar-refractivity contribution in [2.45, 2.75) is 6.92 Å². The first kappa shape index (κ1) is 14.8. The first-order valence-electron chi connectivity index (χ1n) is 7.11. The van der Waals surface area contributed by atoms with Crippen LogP contribution in [0.2, 0.25) is 0 Å². The van der Waals surface area contributed by atoms with Gasteiger partial charge in [0.1, 0.15) is 5.75 Å². The van der Waals surface area contributed by atoms with Crippen LogP contribution in [0, 0.1) is 0 Å². The van der Waals surface area contributed by atoms with E-state index in [-0.39, 0.29) is 11.3 Å². The molecule has 0 bridgehead atoms. The van der Waals surface area contributed by atoms with Crippen LogP contribution in [0.15, 0.2) is 60.7 Å². The minimum atomic E-state index is -1.07. The van der Waals surface area contributed by atoms with Gasteiger partial charge in [-0.15, -0.1) is 0 Å². The number of ether oxygens (including phenoxy) is 1. The first-order chi connectivity index (χ1) is 11.1. The van der Waals surface area contributed by atoms with E-state index in [9.17, 15) is 14.7 Å². The molecule has 0 heterocycles. The number of rotatable bonds is 3. The third kappa shape index (κ3) is 2.79. The fourth-order valence-corrected chi connectivity index (χ4v) is 2.67. The highest BCUT2D eigenvalue weighted by Crippen LogP contribution is 2.37. The number of carboxylic acids is 1. The Labute approximate surface area is 132 Å². The van der Waals surface area contributed by atoms with Gasteiger partial charge in [0.15, 0.2) is 0 Å². The molecule has 0 aliphatic rings. The van der Waals surface area contributed by atoms with E-state index in [1.807, 2.05) is 54.6 Å². The van der Waals surface area contributed by atoms with Gasteiger partial charge in [0.05, 0.1) is 5.56 Å². The Kier molecular flexibility index (Phi) is 3.81. The summed E-state index contributed by atoms with van der Waals surface area (Å²) >= 11 is 0. The van der Waals surface area contributed by atoms with Crippen LogP contribution in [0.1, 0.15) is 17.3 Å². The molecule has 0 radical (unpaired) electrons. The second-order valence-electron chi connectivity index (χ2n) is 5.11. The Morgan fingerprint density at radius 2 is 1.52 bits per heavy atom. The summed E-state index contributed by atoms with van der Waals surface area (Å²) in [5.74, 6) is -1.30. The molecule has 0 aliphatic heterocycles. The van der Waals surface area contributed by atoms with Gasteiger partial charge in [-0.05, 0) is 17.0 Å². The largest absolute Gasteiger partial charge is 0.478 e. The van der Waals surface area contributed by atoms with Gasteiger partial charge >= 0.3 is 11.9 Å². The molecule has 4 heteroatoms. The van der Waals surface area contributed by atoms with Crippen LogP contribution in [-0.4, -0.2) is 17.0 Å². The third-order valence-corrected chi connectivity index (χ3v) is 3.55. The maximum atomic E-state index is 11.7. The van der Waals surface area contributed by atoms with E-state index in [1.165, 1.54) is 13.0 Å². The van der Waals surface area contributed by atoms with Crippen molar-refractivity contribution in [3.63, 3.8) is 0 Å². The minimum Gasteiger partial charge on any atom is -0.478 e. The topological polar surface area (TPSA) is 63.6 Å². The number of carbonyl (C=O) groups is 2. The van der Waals surface area contributed by atoms with Gasteiger partial charge in [-0.2, -0.15) is 0 Å². The molecule has 0 atom stereocenters. The molecule has 0 saturated carbocycles. The van der Waals surface area contributed by atoms with E-state index in [1.54, 1.807) is 0 Å². The molecule has 0 aromatic heterocycles. The standard InChI is InChI=1S/C19H14O4/c1-12(20)23-17-11-16(19(21)22)18(13-7-3-2-4-8-13)15-10-6-5-9-14(15)17/h2-11H,1H3,(H,21,22). The summed E-state index contributed by atoms with van der Waals surface area (Å²) < 4.78 is 5.21. The van der Waals surface area contributed by atoms with Gasteiger partial charge in [0.25, 0.3) is 0 Å². The zero-order valence-corrected chi connectivity index (χ0v) is 12.4. The lowest BCUT2D eigenvalue weighted by Crippen LogP contribution is -2.06. The molecule has 23 heavy (non-hydrogen) atoms. The van der Waals surface area contributed by atoms with E-state index in [2.05, 4.69) is 0 Å². The number of hydrogen-bond acceptors (Lipinski definition) is 3. The quantitative estimate of drug-likeness (QED) is 0.583. The third-order valence-electron chi connectivity index (χ3n) is 3.55. The van der Waals surface area contributed by atoms with Crippen LogP contribution in [-0.2, 0) is 4.79 Å². The zero-order chi connectivity index (χ0) is 16.4. The summed E-state index contributed by atoms with van der Waals surface area (Å²) in [6.45, 7) is 1.29. The molecule has 0 amide bonds. The van der Waals surface area contributed by atoms with Crippen LogP contribution in [0.5, 0.6) is 5.75 Å². The monoisotopic (exact) mass is 306 g/mol. The van der Waals surface area contributed by atoms with E-state index in [0.29, 0.717) is 10.9 Å². The van der Waals surface area contributed by atoms with Crippen molar-refractivity contribution in [2.24, 2.45) is 0 Å². The fourth-order valence-electron chi connectivity index (χ4n) is 2.67. The number of carboxylic acid groups (broad SMARTS) is 1. The van der Waals surface area contributed by atoms with Crippen LogP contribution in [0.4, 0.5) is 0 Å². The van der Waals surface area contributed by atoms with Crippen molar-refractivity contribution in [3.05, 3.63) is 66.2 Å². The van der Waals surface area contributed by atoms with Crippen LogP contribution in [0.3, 0.4) is 0 Å². The van der Waals surface area contributed by atoms with Gasteiger partial charge in [-0.3, -0.25) is 4.79 Å². The summed E-state index contributed by atoms with van der Waals surface area (Å²) in [7, 11) is 0. The van der Waals surface area contributed by atoms with Crippen molar-refractivity contribution in [1.29, 1.82) is 0 Å². The van der Waals surface area contributed by atoms with Gasteiger partial charge in [-0.1, -0.05) is 54.6 Å². The molecule has 0 saturated heterocycles. The molecular formula is C19H14O4. The maximum absolute atomic E-state index is 11.7. The van der Waals surface area contributed by atoms with Crippen LogP contribution < -0.4 is 4.74 Å². The summed E-state index contributed by atoms with van der Waals surface area (Å²) in [5, 5.41) is 11.0. The smallest absolute Gasteiger partial charge is 0.336 e. The highest BCUT2D eigenvalue weighted by Gasteiger charge is 2.19. The second kappa shape index (κ2) is 5.93. The molecule has 0 spiro atoms. The van der Waals surface area contributed by atoms with E-state index < -0.39 is 11.9 Å². The number of esters is 1. The number of benzene rings is 3. The van der Waals surface area contributed by atoms with E-state index >= 15 is 0 Å². The van der Waals surface area contributed by atoms with Gasteiger partial charge in [0, 0.05) is 17.9 Å². The lowest BCUT2D eigenvalue weighted by atomic mass is 9.92. The number of carbonyl (C=O) groups excluding carboxylic acids is 1. The molecule has 4 nitrogen and oxygen atoms in total. The van der Waals surface area contributed by atoms with Crippen molar-refractivity contribution in [1.82, 2.24) is 0 Å². The van der Waals surface area contributed by atoms with Crippen molar-refractivity contribution < 1.29 is 19.4 Å². The second-order valence-corrected chi connectivity index (χ2v) is 5.11. The van der Waals surface area contributed by atoms with Crippen molar-refractivity contribution in [2.75, 3.05) is 0 Å². The number of fused-ring (bicyclic) bond motifs is 1. The molecule has 0 fully saturated rings. The normalized spacial score (nSPS) is 10.5. The Hall–Kier alpha value is -3.14. The predicted molar refractivity (Wildman–Crippen MR) is 87.7 cm³/mol. The lowest BCUT2D eigenvalue weighted by molar-refractivity contribution is -0.131. The van der Waals surface area contributed by atoms with Gasteiger partial charge in [0.2, 0.25) is 0 Å². The fraction of sp³-hybridized carbons (Fsp3) is 0.0526. The summed E-state index contributed by atoms with van der Waals surface area (Å²) in [4.78, 5) is 23.1. The van der Waals surface area contributed by atoms with E-state index in [4.69, 9.17) is 4.74 Å². The summed E-state index contributed by atoms with van der Waals surface area (Å²) in [6.07, 6.45) is 0. The molecule has 3 aromatic rings. The van der Waals surface area contributed by atoms with Gasteiger partial charge in [-0.25, -0.2) is 4.79 Å². The number of aromatic carboxylic acids is 1. The molecule has 3 aromatic carbocycles. The molecule has 1 N–H and O–H groups in total. The molecule has 0 unspecified atom stereocenters. The predicted octanol–water partition coefficient (Wildman–Crippen LogP) is 4.13. The molecular weight excluding hydrogens is 292 g/mol. The van der Waals surface area contributed by atoms with E-state index in [0.717, 1.165) is 10.9 Å². The van der Waals surface area contributed by atoms with Crippen LogP contribution in [0.25, 0.3) is 21.9 Å². The maximum Gasteiger partial charge on any atom is 0.336 e. The Bertz CT molecular complexity index is 898. The van der Waals surface area contributed by atoms with Crippen molar-refractivity contribution >= 4 is 22.7 Å². The SMILES string of the molecule is CC(=O)Oc1cc(C(=O)O)c(-c2ccccc2)c2ccccc12. The first-order valence-corrected chi connectivity index (χ1v) is 7.11. The Balaban J connectivity index is 2.41. The van der Waals surface area contributed by atoms with Crippen LogP contribution >= 0.6 is 0 Å². The summed E-state index contributed by atoms with van der Waals surface area (Å²) in [5.41, 5.74) is 1.52. The highest BCUT2D eigenvalue weighted by molar-refractivity contribution is 6.10. The zero-order valence-electron chi connectivity index (χ0n) is 12.4. The molecule has 0 aliphatic carbocycles. The lowest BCUT2D eigenvalue weighted by Gasteiger charge is -2.14. The van der Waals surface area contributed by atoms with Gasteiger partial charge < -0.3 is 9.84 Å². The molecule has 3 rings (SSSR count). The summed E-state index contributed by atoms with van der Waals surface area (Å²) in [6, 6.07) is 18.0. The average molecular weight is 306 g/mol. The Morgan fingerprint density at radius 3 is 2.13 bits per heavy atom. The molecule has 114 valence electrons. The van der Waals surface area contributed by atoms with Crippen molar-refractivity contribution in [3.8, 4) is 16.9 Å². The minimum absolute atomic E-state index is 0.103. The highest BCUT2D eigenvalue weighted by atomic mass is 16.5. The number of hydrogen-bond donors (Lipinski definition) is 1. The average Bonchev–Trinajstić information content (AvgIpc) is 2.54.